The molecule has 0 saturated heterocycles. The zero-order valence-electron chi connectivity index (χ0n) is 6.31. The molecule has 10 heavy (non-hydrogen) atoms. The van der Waals surface area contributed by atoms with E-state index in [1.165, 1.54) is 32.1 Å². The summed E-state index contributed by atoms with van der Waals surface area (Å²) >= 11 is 0. The molecule has 60 valence electrons. The molecule has 0 heterocycles. The molecule has 1 nitrogen and oxygen atoms in total. The molecule has 0 radical (unpaired) electrons. The van der Waals surface area contributed by atoms with Gasteiger partial charge < -0.3 is 5.73 Å². The smallest absolute Gasteiger partial charge is 0.00179 e. The summed E-state index contributed by atoms with van der Waals surface area (Å²) < 4.78 is 0. The van der Waals surface area contributed by atoms with Crippen molar-refractivity contribution in [1.29, 1.82) is 0 Å². The second kappa shape index (κ2) is 2.71. The summed E-state index contributed by atoms with van der Waals surface area (Å²) in [4.78, 5) is 0. The summed E-state index contributed by atoms with van der Waals surface area (Å²) in [5, 5.41) is 0. The molecule has 0 spiro atoms. The van der Waals surface area contributed by atoms with Crippen LogP contribution in [-0.2, 0) is 0 Å². The number of hydrogen-bond donors (Lipinski definition) is 1. The largest absolute Gasteiger partial charge is 0.330 e. The monoisotopic (exact) mass is 161 g/mol. The van der Waals surface area contributed by atoms with E-state index in [2.05, 4.69) is 0 Å². The van der Waals surface area contributed by atoms with Crippen molar-refractivity contribution in [3.05, 3.63) is 0 Å². The van der Waals surface area contributed by atoms with Gasteiger partial charge in [0.1, 0.15) is 0 Å². The standard InChI is InChI=1S/C8H15N.ClH/c9-6-8-4-1-2-7(8)3-5-8;/h7H,1-6,9H2;1H. The molecule has 2 aliphatic carbocycles. The lowest BCUT2D eigenvalue weighted by atomic mass is 9.62. The highest BCUT2D eigenvalue weighted by molar-refractivity contribution is 5.85. The first kappa shape index (κ1) is 8.35. The van der Waals surface area contributed by atoms with E-state index < -0.39 is 0 Å². The van der Waals surface area contributed by atoms with E-state index in [0.717, 1.165) is 12.5 Å². The maximum absolute atomic E-state index is 5.71. The Kier molecular flexibility index (Phi) is 2.26. The summed E-state index contributed by atoms with van der Waals surface area (Å²) in [6, 6.07) is 0. The molecule has 2 atom stereocenters. The minimum Gasteiger partial charge on any atom is -0.330 e. The van der Waals surface area contributed by atoms with Gasteiger partial charge >= 0.3 is 0 Å². The second-order valence-corrected chi connectivity index (χ2v) is 3.69. The molecule has 2 fully saturated rings. The minimum absolute atomic E-state index is 0. The summed E-state index contributed by atoms with van der Waals surface area (Å²) in [6.45, 7) is 0.956. The Labute approximate surface area is 68.8 Å². The first-order chi connectivity index (χ1) is 4.37. The highest BCUT2D eigenvalue weighted by Gasteiger charge is 2.48. The molecule has 0 amide bonds. The van der Waals surface area contributed by atoms with Gasteiger partial charge in [0.25, 0.3) is 0 Å². The number of nitrogens with two attached hydrogens (primary N) is 1. The van der Waals surface area contributed by atoms with Crippen LogP contribution in [0, 0.1) is 11.3 Å². The van der Waals surface area contributed by atoms with E-state index in [1.54, 1.807) is 0 Å². The van der Waals surface area contributed by atoms with Crippen LogP contribution in [0.25, 0.3) is 0 Å². The summed E-state index contributed by atoms with van der Waals surface area (Å²) in [5.41, 5.74) is 6.36. The van der Waals surface area contributed by atoms with E-state index in [0.29, 0.717) is 5.41 Å². The highest BCUT2D eigenvalue weighted by Crippen LogP contribution is 2.56. The van der Waals surface area contributed by atoms with Crippen molar-refractivity contribution >= 4 is 12.4 Å². The fourth-order valence-electron chi connectivity index (χ4n) is 2.61. The third-order valence-electron chi connectivity index (χ3n) is 3.49. The SMILES string of the molecule is Cl.NCC12CCCC1CC2. The van der Waals surface area contributed by atoms with Crippen molar-refractivity contribution in [3.63, 3.8) is 0 Å². The van der Waals surface area contributed by atoms with Gasteiger partial charge in [-0.05, 0) is 43.6 Å². The highest BCUT2D eigenvalue weighted by atomic mass is 35.5. The van der Waals surface area contributed by atoms with Gasteiger partial charge in [-0.3, -0.25) is 0 Å². The van der Waals surface area contributed by atoms with E-state index in [-0.39, 0.29) is 12.4 Å². The van der Waals surface area contributed by atoms with Crippen molar-refractivity contribution in [3.8, 4) is 0 Å². The second-order valence-electron chi connectivity index (χ2n) is 3.69. The average Bonchev–Trinajstić information content (AvgIpc) is 2.10. The Hall–Kier alpha value is 0.250. The molecule has 2 aliphatic rings. The Morgan fingerprint density at radius 2 is 2.10 bits per heavy atom. The third kappa shape index (κ3) is 0.876. The van der Waals surface area contributed by atoms with Gasteiger partial charge in [-0.1, -0.05) is 6.42 Å². The van der Waals surface area contributed by atoms with Crippen LogP contribution in [0.5, 0.6) is 0 Å². The Balaban J connectivity index is 0.000000500. The summed E-state index contributed by atoms with van der Waals surface area (Å²) in [7, 11) is 0. The molecule has 0 aromatic heterocycles. The molecule has 0 aromatic rings. The number of rotatable bonds is 1. The maximum atomic E-state index is 5.71. The lowest BCUT2D eigenvalue weighted by Crippen LogP contribution is -2.41. The van der Waals surface area contributed by atoms with Gasteiger partial charge in [0.05, 0.1) is 0 Å². The number of fused-ring (bicyclic) bond motifs is 1. The van der Waals surface area contributed by atoms with E-state index in [1.807, 2.05) is 0 Å². The molecule has 0 bridgehead atoms. The summed E-state index contributed by atoms with van der Waals surface area (Å²) in [6.07, 6.45) is 7.23. The van der Waals surface area contributed by atoms with Gasteiger partial charge in [0.15, 0.2) is 0 Å². The fourth-order valence-corrected chi connectivity index (χ4v) is 2.61. The van der Waals surface area contributed by atoms with Crippen molar-refractivity contribution in [2.45, 2.75) is 32.1 Å². The van der Waals surface area contributed by atoms with Crippen LogP contribution in [0.3, 0.4) is 0 Å². The van der Waals surface area contributed by atoms with Crippen molar-refractivity contribution in [2.24, 2.45) is 17.1 Å². The van der Waals surface area contributed by atoms with Crippen LogP contribution in [0.1, 0.15) is 32.1 Å². The molecule has 2 saturated carbocycles. The molecule has 2 rings (SSSR count). The molecular weight excluding hydrogens is 146 g/mol. The zero-order chi connectivity index (χ0) is 6.32. The molecular formula is C8H16ClN. The lowest BCUT2D eigenvalue weighted by Gasteiger charge is -2.44. The van der Waals surface area contributed by atoms with Crippen LogP contribution in [0.15, 0.2) is 0 Å². The molecule has 0 aliphatic heterocycles. The van der Waals surface area contributed by atoms with Gasteiger partial charge in [0.2, 0.25) is 0 Å². The van der Waals surface area contributed by atoms with Gasteiger partial charge in [-0.25, -0.2) is 0 Å². The predicted molar refractivity (Wildman–Crippen MR) is 45.3 cm³/mol. The van der Waals surface area contributed by atoms with Crippen molar-refractivity contribution in [2.75, 3.05) is 6.54 Å². The predicted octanol–water partition coefficient (Wildman–Crippen LogP) is 1.95. The van der Waals surface area contributed by atoms with Gasteiger partial charge in [0, 0.05) is 0 Å². The van der Waals surface area contributed by atoms with Gasteiger partial charge in [-0.2, -0.15) is 0 Å². The molecule has 0 aromatic carbocycles. The van der Waals surface area contributed by atoms with Crippen LogP contribution in [0.4, 0.5) is 0 Å². The third-order valence-corrected chi connectivity index (χ3v) is 3.49. The average molecular weight is 162 g/mol. The van der Waals surface area contributed by atoms with Crippen molar-refractivity contribution < 1.29 is 0 Å². The van der Waals surface area contributed by atoms with E-state index >= 15 is 0 Å². The Morgan fingerprint density at radius 1 is 1.30 bits per heavy atom. The normalized spacial score (nSPS) is 43.5. The fraction of sp³-hybridized carbons (Fsp3) is 1.00. The van der Waals surface area contributed by atoms with Crippen LogP contribution in [-0.4, -0.2) is 6.54 Å². The maximum Gasteiger partial charge on any atom is -0.00179 e. The minimum atomic E-state index is 0. The number of halogens is 1. The van der Waals surface area contributed by atoms with Crippen LogP contribution < -0.4 is 5.73 Å². The van der Waals surface area contributed by atoms with E-state index in [4.69, 9.17) is 5.73 Å². The number of hydrogen-bond acceptors (Lipinski definition) is 1. The molecule has 2 unspecified atom stereocenters. The van der Waals surface area contributed by atoms with Gasteiger partial charge in [-0.15, -0.1) is 12.4 Å². The summed E-state index contributed by atoms with van der Waals surface area (Å²) in [5.74, 6) is 1.03. The Bertz CT molecular complexity index is 122. The topological polar surface area (TPSA) is 26.0 Å². The first-order valence-electron chi connectivity index (χ1n) is 4.07. The van der Waals surface area contributed by atoms with Crippen LogP contribution in [0.2, 0.25) is 0 Å². The molecule has 2 N–H and O–H groups in total. The first-order valence-corrected chi connectivity index (χ1v) is 4.07. The lowest BCUT2D eigenvalue weighted by molar-refractivity contribution is 0.0752. The van der Waals surface area contributed by atoms with Crippen molar-refractivity contribution in [1.82, 2.24) is 0 Å². The quantitative estimate of drug-likeness (QED) is 0.625. The van der Waals surface area contributed by atoms with Crippen LogP contribution >= 0.6 is 12.4 Å². The Morgan fingerprint density at radius 3 is 2.40 bits per heavy atom. The van der Waals surface area contributed by atoms with E-state index in [9.17, 15) is 0 Å². The molecule has 2 heteroatoms. The zero-order valence-corrected chi connectivity index (χ0v) is 7.12.